The van der Waals surface area contributed by atoms with Crippen molar-refractivity contribution in [2.45, 2.75) is 13.1 Å². The number of amides is 1. The normalized spacial score (nSPS) is 11.3. The predicted molar refractivity (Wildman–Crippen MR) is 119 cm³/mol. The second-order valence-electron chi connectivity index (χ2n) is 7.51. The molecule has 1 heterocycles. The Balaban J connectivity index is 1.60. The minimum absolute atomic E-state index is 0.00427. The van der Waals surface area contributed by atoms with Crippen LogP contribution in [0.15, 0.2) is 75.9 Å². The van der Waals surface area contributed by atoms with E-state index in [0.29, 0.717) is 5.69 Å². The molecule has 0 saturated carbocycles. The van der Waals surface area contributed by atoms with Crippen molar-refractivity contribution in [1.29, 1.82) is 0 Å². The van der Waals surface area contributed by atoms with Crippen LogP contribution in [0.2, 0.25) is 0 Å². The lowest BCUT2D eigenvalue weighted by atomic mass is 10.2. The summed E-state index contributed by atoms with van der Waals surface area (Å²) in [6.45, 7) is 1.23. The van der Waals surface area contributed by atoms with Crippen molar-refractivity contribution in [3.05, 3.63) is 94.1 Å². The van der Waals surface area contributed by atoms with Gasteiger partial charge >= 0.3 is 6.18 Å². The first kappa shape index (κ1) is 23.8. The van der Waals surface area contributed by atoms with Crippen LogP contribution in [-0.4, -0.2) is 12.5 Å². The summed E-state index contributed by atoms with van der Waals surface area (Å²) >= 11 is 0. The van der Waals surface area contributed by atoms with E-state index in [-0.39, 0.29) is 16.9 Å². The van der Waals surface area contributed by atoms with Gasteiger partial charge in [-0.2, -0.15) is 13.2 Å². The quantitative estimate of drug-likeness (QED) is 0.334. The highest BCUT2D eigenvalue weighted by Crippen LogP contribution is 2.38. The number of benzene rings is 3. The minimum atomic E-state index is -5.02. The molecule has 0 aliphatic heterocycles. The van der Waals surface area contributed by atoms with Gasteiger partial charge in [-0.1, -0.05) is 12.1 Å². The van der Waals surface area contributed by atoms with Gasteiger partial charge in [-0.3, -0.25) is 9.59 Å². The summed E-state index contributed by atoms with van der Waals surface area (Å²) < 4.78 is 69.7. The zero-order valence-corrected chi connectivity index (χ0v) is 18.1. The summed E-state index contributed by atoms with van der Waals surface area (Å²) in [5.74, 6) is -3.59. The molecule has 0 bridgehead atoms. The maximum absolute atomic E-state index is 13.7. The lowest BCUT2D eigenvalue weighted by Crippen LogP contribution is -2.20. The summed E-state index contributed by atoms with van der Waals surface area (Å²) in [5, 5.41) is 2.32. The average Bonchev–Trinajstić information content (AvgIpc) is 2.80. The number of anilines is 1. The lowest BCUT2D eigenvalue weighted by Gasteiger charge is -2.14. The molecule has 0 unspecified atom stereocenters. The van der Waals surface area contributed by atoms with E-state index in [1.807, 2.05) is 0 Å². The number of ether oxygens (including phenoxy) is 2. The zero-order chi connectivity index (χ0) is 25.2. The van der Waals surface area contributed by atoms with Gasteiger partial charge in [0.15, 0.2) is 6.61 Å². The predicted octanol–water partition coefficient (Wildman–Crippen LogP) is 6.07. The highest BCUT2D eigenvalue weighted by Gasteiger charge is 2.40. The molecule has 4 aromatic rings. The third kappa shape index (κ3) is 5.60. The van der Waals surface area contributed by atoms with Gasteiger partial charge in [-0.05, 0) is 61.0 Å². The molecule has 0 aliphatic rings. The Hall–Kier alpha value is -4.34. The SMILES string of the molecule is Cc1cccc(Oc2c(C(F)(F)F)oc3cc(OCC(=O)Nc4ccc(F)cc4)ccc3c2=O)c1. The van der Waals surface area contributed by atoms with Crippen molar-refractivity contribution in [3.8, 4) is 17.2 Å². The Labute approximate surface area is 195 Å². The van der Waals surface area contributed by atoms with Crippen LogP contribution in [0, 0.1) is 12.7 Å². The molecule has 0 radical (unpaired) electrons. The van der Waals surface area contributed by atoms with Gasteiger partial charge in [0, 0.05) is 11.8 Å². The minimum Gasteiger partial charge on any atom is -0.484 e. The first-order valence-corrected chi connectivity index (χ1v) is 10.2. The Morgan fingerprint density at radius 3 is 2.43 bits per heavy atom. The van der Waals surface area contributed by atoms with Crippen LogP contribution in [0.5, 0.6) is 17.2 Å². The molecule has 35 heavy (non-hydrogen) atoms. The smallest absolute Gasteiger partial charge is 0.453 e. The molecule has 0 spiro atoms. The summed E-state index contributed by atoms with van der Waals surface area (Å²) in [7, 11) is 0. The van der Waals surface area contributed by atoms with Crippen LogP contribution < -0.4 is 20.2 Å². The molecule has 10 heteroatoms. The van der Waals surface area contributed by atoms with Crippen LogP contribution in [0.25, 0.3) is 11.0 Å². The van der Waals surface area contributed by atoms with Crippen molar-refractivity contribution >= 4 is 22.6 Å². The molecule has 0 aliphatic carbocycles. The van der Waals surface area contributed by atoms with Crippen molar-refractivity contribution < 1.29 is 36.2 Å². The molecule has 0 atom stereocenters. The van der Waals surface area contributed by atoms with Crippen LogP contribution in [-0.2, 0) is 11.0 Å². The Kier molecular flexibility index (Phi) is 6.46. The molecular formula is C25H17F4NO5. The number of carbonyl (C=O) groups is 1. The third-order valence-corrected chi connectivity index (χ3v) is 4.79. The first-order chi connectivity index (χ1) is 16.6. The summed E-state index contributed by atoms with van der Waals surface area (Å²) in [6, 6.07) is 14.9. The largest absolute Gasteiger partial charge is 0.484 e. The maximum atomic E-state index is 13.7. The fourth-order valence-corrected chi connectivity index (χ4v) is 3.20. The molecule has 3 aromatic carbocycles. The summed E-state index contributed by atoms with van der Waals surface area (Å²) in [5.41, 5.74) is -0.344. The van der Waals surface area contributed by atoms with Crippen molar-refractivity contribution in [1.82, 2.24) is 0 Å². The fourth-order valence-electron chi connectivity index (χ4n) is 3.20. The van der Waals surface area contributed by atoms with E-state index in [9.17, 15) is 27.2 Å². The van der Waals surface area contributed by atoms with E-state index in [4.69, 9.17) is 13.9 Å². The van der Waals surface area contributed by atoms with Crippen molar-refractivity contribution in [2.75, 3.05) is 11.9 Å². The second kappa shape index (κ2) is 9.49. The third-order valence-electron chi connectivity index (χ3n) is 4.79. The average molecular weight is 487 g/mol. The standard InChI is InChI=1S/C25H17F4NO5/c1-14-3-2-4-18(11-14)34-23-22(32)19-10-9-17(12-20(19)35-24(23)25(27,28)29)33-13-21(31)30-16-7-5-15(26)6-8-16/h2-12H,13H2,1H3,(H,30,31). The molecule has 0 saturated heterocycles. The van der Waals surface area contributed by atoms with Crippen LogP contribution >= 0.6 is 0 Å². The van der Waals surface area contributed by atoms with E-state index in [0.717, 1.165) is 23.8 Å². The van der Waals surface area contributed by atoms with Gasteiger partial charge in [0.1, 0.15) is 22.9 Å². The highest BCUT2D eigenvalue weighted by molar-refractivity contribution is 5.92. The monoisotopic (exact) mass is 487 g/mol. The van der Waals surface area contributed by atoms with Gasteiger partial charge < -0.3 is 19.2 Å². The van der Waals surface area contributed by atoms with Crippen molar-refractivity contribution in [3.63, 3.8) is 0 Å². The van der Waals surface area contributed by atoms with Gasteiger partial charge in [0.25, 0.3) is 11.7 Å². The van der Waals surface area contributed by atoms with E-state index >= 15 is 0 Å². The number of rotatable bonds is 6. The number of fused-ring (bicyclic) bond motifs is 1. The molecular weight excluding hydrogens is 470 g/mol. The van der Waals surface area contributed by atoms with Crippen molar-refractivity contribution in [2.24, 2.45) is 0 Å². The lowest BCUT2D eigenvalue weighted by molar-refractivity contribution is -0.154. The number of nitrogens with one attached hydrogen (secondary N) is 1. The Morgan fingerprint density at radius 2 is 1.74 bits per heavy atom. The van der Waals surface area contributed by atoms with E-state index in [1.54, 1.807) is 19.1 Å². The van der Waals surface area contributed by atoms with Crippen LogP contribution in [0.4, 0.5) is 23.2 Å². The topological polar surface area (TPSA) is 77.8 Å². The molecule has 1 aromatic heterocycles. The van der Waals surface area contributed by atoms with Gasteiger partial charge in [-0.15, -0.1) is 0 Å². The summed E-state index contributed by atoms with van der Waals surface area (Å²) in [4.78, 5) is 24.9. The molecule has 0 fully saturated rings. The second-order valence-corrected chi connectivity index (χ2v) is 7.51. The number of alkyl halides is 3. The molecule has 4 rings (SSSR count). The number of hydrogen-bond donors (Lipinski definition) is 1. The number of halogens is 4. The Bertz CT molecular complexity index is 1450. The van der Waals surface area contributed by atoms with Gasteiger partial charge in [0.05, 0.1) is 5.39 Å². The van der Waals surface area contributed by atoms with Crippen LogP contribution in [0.3, 0.4) is 0 Å². The van der Waals surface area contributed by atoms with Crippen LogP contribution in [0.1, 0.15) is 11.3 Å². The fraction of sp³-hybridized carbons (Fsp3) is 0.120. The number of aryl methyl sites for hydroxylation is 1. The molecule has 1 amide bonds. The molecule has 6 nitrogen and oxygen atoms in total. The number of carbonyl (C=O) groups excluding carboxylic acids is 1. The Morgan fingerprint density at radius 1 is 1.00 bits per heavy atom. The van der Waals surface area contributed by atoms with Gasteiger partial charge in [0.2, 0.25) is 11.2 Å². The van der Waals surface area contributed by atoms with E-state index < -0.39 is 47.0 Å². The van der Waals surface area contributed by atoms with E-state index in [1.165, 1.54) is 36.4 Å². The summed E-state index contributed by atoms with van der Waals surface area (Å²) in [6.07, 6.45) is -5.02. The highest BCUT2D eigenvalue weighted by atomic mass is 19.4. The molecule has 180 valence electrons. The molecule has 1 N–H and O–H groups in total. The number of hydrogen-bond acceptors (Lipinski definition) is 5. The first-order valence-electron chi connectivity index (χ1n) is 10.2. The van der Waals surface area contributed by atoms with E-state index in [2.05, 4.69) is 5.32 Å². The zero-order valence-electron chi connectivity index (χ0n) is 18.1. The van der Waals surface area contributed by atoms with Gasteiger partial charge in [-0.25, -0.2) is 4.39 Å². The maximum Gasteiger partial charge on any atom is 0.453 e.